The van der Waals surface area contributed by atoms with Crippen molar-refractivity contribution in [3.8, 4) is 17.2 Å². The van der Waals surface area contributed by atoms with Crippen LogP contribution < -0.4 is 14.2 Å². The highest BCUT2D eigenvalue weighted by molar-refractivity contribution is 5.91. The Morgan fingerprint density at radius 1 is 0.649 bits per heavy atom. The van der Waals surface area contributed by atoms with Crippen LogP contribution in [0, 0.1) is 0 Å². The van der Waals surface area contributed by atoms with Crippen LogP contribution in [0.15, 0.2) is 48.5 Å². The lowest BCUT2D eigenvalue weighted by molar-refractivity contribution is 0.0681. The first-order valence-electron chi connectivity index (χ1n) is 14.4. The number of ether oxygens (including phenoxy) is 4. The van der Waals surface area contributed by atoms with Crippen LogP contribution in [-0.4, -0.2) is 31.9 Å². The Morgan fingerprint density at radius 3 is 1.70 bits per heavy atom. The van der Waals surface area contributed by atoms with Gasteiger partial charge >= 0.3 is 5.97 Å². The Hall–Kier alpha value is -2.53. The Labute approximate surface area is 224 Å². The largest absolute Gasteiger partial charge is 0.494 e. The lowest BCUT2D eigenvalue weighted by Gasteiger charge is -2.11. The molecule has 0 aromatic heterocycles. The minimum atomic E-state index is -0.385. The van der Waals surface area contributed by atoms with Crippen molar-refractivity contribution in [3.63, 3.8) is 0 Å². The van der Waals surface area contributed by atoms with Crippen LogP contribution >= 0.6 is 0 Å². The van der Waals surface area contributed by atoms with Gasteiger partial charge in [-0.1, -0.05) is 58.3 Å². The maximum Gasteiger partial charge on any atom is 0.343 e. The molecular formula is C32H48O5. The molecule has 0 aliphatic heterocycles. The quantitative estimate of drug-likeness (QED) is 0.0950. The van der Waals surface area contributed by atoms with Crippen molar-refractivity contribution in [1.29, 1.82) is 0 Å². The molecule has 1 atom stereocenters. The molecule has 37 heavy (non-hydrogen) atoms. The van der Waals surface area contributed by atoms with Gasteiger partial charge in [-0.25, -0.2) is 4.79 Å². The zero-order chi connectivity index (χ0) is 26.6. The van der Waals surface area contributed by atoms with E-state index in [1.165, 1.54) is 44.9 Å². The van der Waals surface area contributed by atoms with Gasteiger partial charge in [0.15, 0.2) is 0 Å². The molecule has 0 amide bonds. The van der Waals surface area contributed by atoms with E-state index in [2.05, 4.69) is 13.8 Å². The van der Waals surface area contributed by atoms with Gasteiger partial charge in [0.1, 0.15) is 17.2 Å². The van der Waals surface area contributed by atoms with Crippen molar-refractivity contribution in [1.82, 2.24) is 0 Å². The highest BCUT2D eigenvalue weighted by Gasteiger charge is 2.09. The SMILES string of the molecule is CCCCCCCCCCOc1ccc(C(=O)Oc2ccc(OCCCCCC(C)OCC)cc2)cc1. The maximum atomic E-state index is 12.5. The molecule has 0 heterocycles. The Morgan fingerprint density at radius 2 is 1.14 bits per heavy atom. The molecule has 0 fully saturated rings. The fourth-order valence-corrected chi connectivity index (χ4v) is 4.15. The van der Waals surface area contributed by atoms with Crippen molar-refractivity contribution in [2.24, 2.45) is 0 Å². The van der Waals surface area contributed by atoms with Crippen molar-refractivity contribution in [2.75, 3.05) is 19.8 Å². The van der Waals surface area contributed by atoms with E-state index in [4.69, 9.17) is 18.9 Å². The van der Waals surface area contributed by atoms with E-state index in [9.17, 15) is 4.79 Å². The Balaban J connectivity index is 1.60. The molecule has 2 rings (SSSR count). The van der Waals surface area contributed by atoms with Gasteiger partial charge in [0, 0.05) is 6.61 Å². The summed E-state index contributed by atoms with van der Waals surface area (Å²) in [5, 5.41) is 0. The van der Waals surface area contributed by atoms with Crippen molar-refractivity contribution in [3.05, 3.63) is 54.1 Å². The molecule has 0 aliphatic carbocycles. The Kier molecular flexibility index (Phi) is 16.2. The lowest BCUT2D eigenvalue weighted by atomic mass is 10.1. The third-order valence-corrected chi connectivity index (χ3v) is 6.37. The third-order valence-electron chi connectivity index (χ3n) is 6.37. The van der Waals surface area contributed by atoms with Crippen molar-refractivity contribution >= 4 is 5.97 Å². The number of hydrogen-bond acceptors (Lipinski definition) is 5. The van der Waals surface area contributed by atoms with Gasteiger partial charge in [-0.2, -0.15) is 0 Å². The summed E-state index contributed by atoms with van der Waals surface area (Å²) in [5.74, 6) is 1.67. The van der Waals surface area contributed by atoms with E-state index in [0.29, 0.717) is 30.6 Å². The van der Waals surface area contributed by atoms with Gasteiger partial charge in [-0.05, 0) is 88.1 Å². The molecule has 5 heteroatoms. The van der Waals surface area contributed by atoms with Gasteiger partial charge < -0.3 is 18.9 Å². The van der Waals surface area contributed by atoms with Gasteiger partial charge in [0.25, 0.3) is 0 Å². The average Bonchev–Trinajstić information content (AvgIpc) is 2.91. The van der Waals surface area contributed by atoms with Crippen LogP contribution in [0.25, 0.3) is 0 Å². The molecule has 5 nitrogen and oxygen atoms in total. The minimum absolute atomic E-state index is 0.331. The monoisotopic (exact) mass is 512 g/mol. The van der Waals surface area contributed by atoms with Crippen molar-refractivity contribution < 1.29 is 23.7 Å². The molecular weight excluding hydrogens is 464 g/mol. The number of rotatable bonds is 21. The van der Waals surface area contributed by atoms with Crippen LogP contribution in [0.3, 0.4) is 0 Å². The topological polar surface area (TPSA) is 54.0 Å². The number of hydrogen-bond donors (Lipinski definition) is 0. The van der Waals surface area contributed by atoms with Crippen molar-refractivity contribution in [2.45, 2.75) is 104 Å². The molecule has 2 aromatic rings. The Bertz CT molecular complexity index is 831. The van der Waals surface area contributed by atoms with E-state index in [1.807, 2.05) is 31.2 Å². The second-order valence-corrected chi connectivity index (χ2v) is 9.67. The summed E-state index contributed by atoms with van der Waals surface area (Å²) >= 11 is 0. The summed E-state index contributed by atoms with van der Waals surface area (Å²) in [4.78, 5) is 12.5. The molecule has 0 bridgehead atoms. The molecule has 0 saturated carbocycles. The van der Waals surface area contributed by atoms with Crippen LogP contribution in [-0.2, 0) is 4.74 Å². The highest BCUT2D eigenvalue weighted by atomic mass is 16.5. The van der Waals surface area contributed by atoms with Gasteiger partial charge in [0.2, 0.25) is 0 Å². The molecule has 1 unspecified atom stereocenters. The van der Waals surface area contributed by atoms with Crippen LogP contribution in [0.1, 0.15) is 108 Å². The van der Waals surface area contributed by atoms with E-state index < -0.39 is 0 Å². The van der Waals surface area contributed by atoms with Gasteiger partial charge in [0.05, 0.1) is 24.9 Å². The predicted molar refractivity (Wildman–Crippen MR) is 151 cm³/mol. The molecule has 0 spiro atoms. The summed E-state index contributed by atoms with van der Waals surface area (Å²) in [6.45, 7) is 8.56. The fourth-order valence-electron chi connectivity index (χ4n) is 4.15. The molecule has 2 aromatic carbocycles. The van der Waals surface area contributed by atoms with Gasteiger partial charge in [-0.15, -0.1) is 0 Å². The fraction of sp³-hybridized carbons (Fsp3) is 0.594. The van der Waals surface area contributed by atoms with E-state index >= 15 is 0 Å². The van der Waals surface area contributed by atoms with Crippen LogP contribution in [0.5, 0.6) is 17.2 Å². The molecule has 0 radical (unpaired) electrons. The lowest BCUT2D eigenvalue weighted by Crippen LogP contribution is -2.08. The number of benzene rings is 2. The second-order valence-electron chi connectivity index (χ2n) is 9.67. The van der Waals surface area contributed by atoms with Crippen LogP contribution in [0.4, 0.5) is 0 Å². The summed E-state index contributed by atoms with van der Waals surface area (Å²) < 4.78 is 22.7. The minimum Gasteiger partial charge on any atom is -0.494 e. The van der Waals surface area contributed by atoms with E-state index in [0.717, 1.165) is 50.2 Å². The zero-order valence-electron chi connectivity index (χ0n) is 23.3. The normalized spacial score (nSPS) is 11.8. The molecule has 206 valence electrons. The average molecular weight is 513 g/mol. The first kappa shape index (κ1) is 30.7. The summed E-state index contributed by atoms with van der Waals surface area (Å²) in [6.07, 6.45) is 14.9. The molecule has 0 N–H and O–H groups in total. The summed E-state index contributed by atoms with van der Waals surface area (Å²) in [6, 6.07) is 14.3. The highest BCUT2D eigenvalue weighted by Crippen LogP contribution is 2.20. The number of carbonyl (C=O) groups is 1. The van der Waals surface area contributed by atoms with E-state index in [1.54, 1.807) is 24.3 Å². The number of unbranched alkanes of at least 4 members (excludes halogenated alkanes) is 9. The van der Waals surface area contributed by atoms with Gasteiger partial charge in [-0.3, -0.25) is 0 Å². The summed E-state index contributed by atoms with van der Waals surface area (Å²) in [7, 11) is 0. The standard InChI is InChI=1S/C32H48O5/c1-4-6-7-8-9-10-11-14-25-35-29-19-17-28(18-20-29)32(33)37-31-23-21-30(22-24-31)36-26-15-12-13-16-27(3)34-5-2/h17-24,27H,4-16,25-26H2,1-3H3. The molecule has 0 saturated heterocycles. The summed E-state index contributed by atoms with van der Waals surface area (Å²) in [5.41, 5.74) is 0.499. The maximum absolute atomic E-state index is 12.5. The predicted octanol–water partition coefficient (Wildman–Crippen LogP) is 8.79. The first-order chi connectivity index (χ1) is 18.1. The smallest absolute Gasteiger partial charge is 0.343 e. The molecule has 0 aliphatic rings. The third kappa shape index (κ3) is 14.1. The zero-order valence-corrected chi connectivity index (χ0v) is 23.3. The number of esters is 1. The van der Waals surface area contributed by atoms with E-state index in [-0.39, 0.29) is 5.97 Å². The van der Waals surface area contributed by atoms with Crippen LogP contribution in [0.2, 0.25) is 0 Å². The first-order valence-corrected chi connectivity index (χ1v) is 14.4. The number of carbonyl (C=O) groups excluding carboxylic acids is 1. The second kappa shape index (κ2) is 19.6.